The second-order valence-electron chi connectivity index (χ2n) is 11.8. The number of carbonyl (C=O) groups is 5. The highest BCUT2D eigenvalue weighted by molar-refractivity contribution is 6.05. The molecule has 4 rings (SSSR count). The zero-order chi connectivity index (χ0) is 36.4. The zero-order valence-electron chi connectivity index (χ0n) is 28.7. The average molecular weight is 680 g/mol. The molecule has 0 saturated heterocycles. The molecule has 0 aliphatic carbocycles. The number of anilines is 4. The Hall–Kier alpha value is -6.17. The first-order valence-corrected chi connectivity index (χ1v) is 15.9. The number of carboxylic acids is 1. The highest BCUT2D eigenvalue weighted by Crippen LogP contribution is 2.24. The highest BCUT2D eigenvalue weighted by Gasteiger charge is 2.23. The first-order chi connectivity index (χ1) is 23.8. The summed E-state index contributed by atoms with van der Waals surface area (Å²) in [6, 6.07) is 26.9. The molecule has 0 fully saturated rings. The van der Waals surface area contributed by atoms with E-state index in [2.05, 4.69) is 10.6 Å². The lowest BCUT2D eigenvalue weighted by molar-refractivity contribution is -0.138. The number of ether oxygens (including phenoxy) is 1. The van der Waals surface area contributed by atoms with Crippen LogP contribution in [0.25, 0.3) is 0 Å². The molecule has 1 unspecified atom stereocenters. The molecule has 0 bridgehead atoms. The summed E-state index contributed by atoms with van der Waals surface area (Å²) >= 11 is 0. The van der Waals surface area contributed by atoms with E-state index in [0.717, 1.165) is 16.8 Å². The summed E-state index contributed by atoms with van der Waals surface area (Å²) in [5.74, 6) is -2.76. The summed E-state index contributed by atoms with van der Waals surface area (Å²) in [5.41, 5.74) is 4.58. The number of carboxylic acid groups (broad SMARTS) is 1. The molecular weight excluding hydrogens is 638 g/mol. The number of rotatable bonds is 13. The van der Waals surface area contributed by atoms with Crippen LogP contribution in [0, 0.1) is 13.8 Å². The molecule has 0 heterocycles. The molecule has 5 amide bonds. The predicted octanol–water partition coefficient (Wildman–Crippen LogP) is 5.35. The van der Waals surface area contributed by atoms with Crippen LogP contribution in [0.5, 0.6) is 5.75 Å². The number of amides is 5. The van der Waals surface area contributed by atoms with E-state index in [-0.39, 0.29) is 19.1 Å². The number of hydrogen-bond acceptors (Lipinski definition) is 6. The molecule has 260 valence electrons. The molecular formula is C38H41N5O7. The minimum absolute atomic E-state index is 0.273. The van der Waals surface area contributed by atoms with Crippen LogP contribution < -0.4 is 30.1 Å². The van der Waals surface area contributed by atoms with Gasteiger partial charge in [-0.25, -0.2) is 4.79 Å². The lowest BCUT2D eigenvalue weighted by Gasteiger charge is -2.26. The van der Waals surface area contributed by atoms with E-state index in [1.165, 1.54) is 21.6 Å². The van der Waals surface area contributed by atoms with Crippen LogP contribution in [-0.4, -0.2) is 68.6 Å². The normalized spacial score (nSPS) is 11.1. The van der Waals surface area contributed by atoms with E-state index in [1.807, 2.05) is 38.1 Å². The van der Waals surface area contributed by atoms with Gasteiger partial charge in [-0.1, -0.05) is 42.5 Å². The van der Waals surface area contributed by atoms with E-state index in [0.29, 0.717) is 28.4 Å². The number of hydrogen-bond donors (Lipinski definition) is 3. The number of carbonyl (C=O) groups excluding carboxylic acids is 4. The Morgan fingerprint density at radius 2 is 1.36 bits per heavy atom. The van der Waals surface area contributed by atoms with Gasteiger partial charge in [0.15, 0.2) is 6.61 Å². The Morgan fingerprint density at radius 1 is 0.720 bits per heavy atom. The van der Waals surface area contributed by atoms with Gasteiger partial charge in [-0.2, -0.15) is 0 Å². The molecule has 4 aromatic carbocycles. The number of likely N-dealkylation sites (N-methyl/N-ethyl adjacent to an activating group) is 2. The van der Waals surface area contributed by atoms with E-state index >= 15 is 0 Å². The van der Waals surface area contributed by atoms with E-state index in [4.69, 9.17) is 4.74 Å². The Kier molecular flexibility index (Phi) is 12.3. The van der Waals surface area contributed by atoms with Gasteiger partial charge in [0.05, 0.1) is 12.5 Å². The maximum Gasteiger partial charge on any atom is 0.319 e. The van der Waals surface area contributed by atoms with E-state index in [1.54, 1.807) is 86.9 Å². The van der Waals surface area contributed by atoms with Crippen molar-refractivity contribution in [1.82, 2.24) is 5.32 Å². The number of para-hydroxylation sites is 1. The van der Waals surface area contributed by atoms with Crippen LogP contribution in [0.2, 0.25) is 0 Å². The fourth-order valence-corrected chi connectivity index (χ4v) is 5.09. The molecule has 0 aromatic heterocycles. The molecule has 4 aromatic rings. The van der Waals surface area contributed by atoms with Crippen LogP contribution >= 0.6 is 0 Å². The molecule has 0 spiro atoms. The summed E-state index contributed by atoms with van der Waals surface area (Å²) in [5, 5.41) is 14.4. The highest BCUT2D eigenvalue weighted by atomic mass is 16.5. The predicted molar refractivity (Wildman–Crippen MR) is 193 cm³/mol. The maximum atomic E-state index is 13.6. The Morgan fingerprint density at radius 3 is 2.04 bits per heavy atom. The molecule has 12 nitrogen and oxygen atoms in total. The molecule has 0 radical (unpaired) electrons. The first kappa shape index (κ1) is 36.7. The van der Waals surface area contributed by atoms with Crippen molar-refractivity contribution in [1.29, 1.82) is 0 Å². The first-order valence-electron chi connectivity index (χ1n) is 15.9. The van der Waals surface area contributed by atoms with Crippen molar-refractivity contribution in [3.8, 4) is 5.75 Å². The Labute approximate surface area is 291 Å². The SMILES string of the molecule is Cc1cc(C)cc(N(C)C(=O)COc2cccc(N(CC(=O)N(C)c3ccccc3)C(=O)CNC(=O)Nc3cccc(C(C)C(=O)O)c3)c2)c1. The van der Waals surface area contributed by atoms with Crippen LogP contribution in [0.1, 0.15) is 29.5 Å². The minimum Gasteiger partial charge on any atom is -0.484 e. The summed E-state index contributed by atoms with van der Waals surface area (Å²) in [6.45, 7) is 4.34. The zero-order valence-corrected chi connectivity index (χ0v) is 28.7. The average Bonchev–Trinajstić information content (AvgIpc) is 3.10. The van der Waals surface area contributed by atoms with Crippen molar-refractivity contribution >= 4 is 52.5 Å². The maximum absolute atomic E-state index is 13.6. The number of benzene rings is 4. The van der Waals surface area contributed by atoms with E-state index < -0.39 is 36.3 Å². The molecule has 12 heteroatoms. The third-order valence-corrected chi connectivity index (χ3v) is 7.99. The number of aryl methyl sites for hydroxylation is 2. The van der Waals surface area contributed by atoms with Gasteiger partial charge in [0.2, 0.25) is 11.8 Å². The van der Waals surface area contributed by atoms with Crippen molar-refractivity contribution in [3.63, 3.8) is 0 Å². The second kappa shape index (κ2) is 16.8. The number of aliphatic carboxylic acids is 1. The van der Waals surface area contributed by atoms with Gasteiger partial charge in [-0.05, 0) is 86.0 Å². The van der Waals surface area contributed by atoms with Gasteiger partial charge in [-0.15, -0.1) is 0 Å². The van der Waals surface area contributed by atoms with Crippen molar-refractivity contribution in [2.45, 2.75) is 26.7 Å². The summed E-state index contributed by atoms with van der Waals surface area (Å²) in [6.07, 6.45) is 0. The summed E-state index contributed by atoms with van der Waals surface area (Å²) in [7, 11) is 3.27. The second-order valence-corrected chi connectivity index (χ2v) is 11.8. The van der Waals surface area contributed by atoms with Crippen molar-refractivity contribution in [2.24, 2.45) is 0 Å². The lowest BCUT2D eigenvalue weighted by atomic mass is 10.0. The molecule has 1 atom stereocenters. The van der Waals surface area contributed by atoms with Crippen LogP contribution in [0.15, 0.2) is 97.1 Å². The van der Waals surface area contributed by atoms with Crippen molar-refractivity contribution in [3.05, 3.63) is 114 Å². The monoisotopic (exact) mass is 679 g/mol. The van der Waals surface area contributed by atoms with Gasteiger partial charge in [0.25, 0.3) is 5.91 Å². The summed E-state index contributed by atoms with van der Waals surface area (Å²) < 4.78 is 5.83. The van der Waals surface area contributed by atoms with E-state index in [9.17, 15) is 29.1 Å². The molecule has 0 aliphatic rings. The van der Waals surface area contributed by atoms with Gasteiger partial charge < -0.3 is 35.2 Å². The number of nitrogens with one attached hydrogen (secondary N) is 2. The Balaban J connectivity index is 1.48. The fourth-order valence-electron chi connectivity index (χ4n) is 5.09. The van der Waals surface area contributed by atoms with Gasteiger partial charge in [-0.3, -0.25) is 19.2 Å². The van der Waals surface area contributed by atoms with Gasteiger partial charge in [0, 0.05) is 42.9 Å². The third-order valence-electron chi connectivity index (χ3n) is 7.99. The fraction of sp³-hybridized carbons (Fsp3) is 0.237. The molecule has 0 aliphatic heterocycles. The summed E-state index contributed by atoms with van der Waals surface area (Å²) in [4.78, 5) is 68.4. The van der Waals surface area contributed by atoms with Gasteiger partial charge in [0.1, 0.15) is 12.3 Å². The van der Waals surface area contributed by atoms with Gasteiger partial charge >= 0.3 is 12.0 Å². The third kappa shape index (κ3) is 9.92. The minimum atomic E-state index is -1.00. The topological polar surface area (TPSA) is 149 Å². The lowest BCUT2D eigenvalue weighted by Crippen LogP contribution is -2.46. The molecule has 3 N–H and O–H groups in total. The quantitative estimate of drug-likeness (QED) is 0.173. The smallest absolute Gasteiger partial charge is 0.319 e. The number of urea groups is 1. The van der Waals surface area contributed by atoms with Crippen LogP contribution in [0.4, 0.5) is 27.5 Å². The van der Waals surface area contributed by atoms with Crippen molar-refractivity contribution in [2.75, 3.05) is 53.8 Å². The van der Waals surface area contributed by atoms with Crippen LogP contribution in [-0.2, 0) is 19.2 Å². The Bertz CT molecular complexity index is 1840. The molecule has 0 saturated carbocycles. The number of nitrogens with zero attached hydrogens (tertiary/aromatic N) is 3. The van der Waals surface area contributed by atoms with Crippen molar-refractivity contribution < 1.29 is 33.8 Å². The molecule has 50 heavy (non-hydrogen) atoms. The largest absolute Gasteiger partial charge is 0.484 e. The van der Waals surface area contributed by atoms with Crippen LogP contribution in [0.3, 0.4) is 0 Å². The standard InChI is InChI=1S/C38H41N5O7/c1-25-17-26(2)19-32(18-25)42(5)36(46)24-50-33-16-10-15-31(21-33)43(23-35(45)41(4)30-13-7-6-8-14-30)34(44)22-39-38(49)40-29-12-9-11-28(20-29)27(3)37(47)48/h6-21,27H,22-24H2,1-5H3,(H,47,48)(H2,39,40,49).